The largest absolute Gasteiger partial charge is 1.00 e. The molecule has 29 heavy (non-hydrogen) atoms. The zero-order valence-corrected chi connectivity index (χ0v) is 19.1. The van der Waals surface area contributed by atoms with E-state index >= 15 is 0 Å². The first-order chi connectivity index (χ1) is 13.0. The van der Waals surface area contributed by atoms with Crippen LogP contribution in [0.15, 0.2) is 68.6 Å². The maximum Gasteiger partial charge on any atom is 1.00 e. The average molecular weight is 445 g/mol. The molecule has 0 saturated carbocycles. The van der Waals surface area contributed by atoms with Gasteiger partial charge in [-0.05, 0) is 48.9 Å². The average Bonchev–Trinajstić information content (AvgIpc) is 2.58. The smallest absolute Gasteiger partial charge is 1.00 e. The topological polar surface area (TPSA) is 159 Å². The van der Waals surface area contributed by atoms with Crippen molar-refractivity contribution in [3.05, 3.63) is 54.1 Å². The number of hydrogen-bond donors (Lipinski definition) is 3. The van der Waals surface area contributed by atoms with E-state index in [4.69, 9.17) is 5.73 Å². The Bertz CT molecular complexity index is 1350. The van der Waals surface area contributed by atoms with Crippen LogP contribution in [0, 0.1) is 6.92 Å². The predicted octanol–water partition coefficient (Wildman–Crippen LogP) is 0.756. The van der Waals surface area contributed by atoms with Crippen molar-refractivity contribution in [2.75, 3.05) is 5.73 Å². The molecule has 0 aliphatic rings. The maximum atomic E-state index is 11.8. The van der Waals surface area contributed by atoms with Crippen LogP contribution >= 0.6 is 0 Å². The number of nitrogens with zero attached hydrogens (tertiary/aromatic N) is 2. The first-order valence-electron chi connectivity index (χ1n) is 7.76. The molecule has 3 rings (SSSR count). The predicted molar refractivity (Wildman–Crippen MR) is 104 cm³/mol. The quantitative estimate of drug-likeness (QED) is 0.231. The van der Waals surface area contributed by atoms with Gasteiger partial charge in [0.2, 0.25) is 0 Å². The minimum absolute atomic E-state index is 0. The molecule has 0 radical (unpaired) electrons. The molecule has 0 spiro atoms. The molecular weight excluding hydrogens is 429 g/mol. The second-order valence-electron chi connectivity index (χ2n) is 5.99. The van der Waals surface area contributed by atoms with Gasteiger partial charge in [-0.25, -0.2) is 0 Å². The van der Waals surface area contributed by atoms with E-state index in [1.807, 2.05) is 0 Å². The summed E-state index contributed by atoms with van der Waals surface area (Å²) in [5.74, 6) is 0. The van der Waals surface area contributed by atoms with E-state index in [1.165, 1.54) is 18.2 Å². The second-order valence-corrected chi connectivity index (χ2v) is 8.77. The van der Waals surface area contributed by atoms with E-state index in [-0.39, 0.29) is 47.4 Å². The standard InChI is InChI=1S/C17H15N3O6S2.Na.H/c1-10-7-11(18)5-6-15(10)20-19-12-8-14-13(17(9-12)28(24,25)26)3-2-4-16(14)27(21,22)23;;/h2-9H,18H2,1H3,(H,21,22,23)(H,24,25,26);;/q;+1;-1. The summed E-state index contributed by atoms with van der Waals surface area (Å²) in [7, 11) is -9.36. The van der Waals surface area contributed by atoms with E-state index in [2.05, 4.69) is 10.2 Å². The van der Waals surface area contributed by atoms with Gasteiger partial charge >= 0.3 is 29.6 Å². The van der Waals surface area contributed by atoms with Gasteiger partial charge in [0.15, 0.2) is 0 Å². The Hall–Kier alpha value is -1.86. The van der Waals surface area contributed by atoms with Crippen molar-refractivity contribution in [1.29, 1.82) is 0 Å². The molecule has 0 amide bonds. The fourth-order valence-corrected chi connectivity index (χ4v) is 4.13. The van der Waals surface area contributed by atoms with E-state index in [1.54, 1.807) is 25.1 Å². The van der Waals surface area contributed by atoms with Crippen LogP contribution in [0.1, 0.15) is 6.99 Å². The van der Waals surface area contributed by atoms with Crippen molar-refractivity contribution < 1.29 is 56.9 Å². The van der Waals surface area contributed by atoms with Gasteiger partial charge in [-0.3, -0.25) is 9.11 Å². The van der Waals surface area contributed by atoms with Crippen LogP contribution in [0.2, 0.25) is 0 Å². The van der Waals surface area contributed by atoms with Gasteiger partial charge in [0, 0.05) is 16.5 Å². The van der Waals surface area contributed by atoms with Crippen LogP contribution in [0.5, 0.6) is 0 Å². The summed E-state index contributed by atoms with van der Waals surface area (Å²) >= 11 is 0. The summed E-state index contributed by atoms with van der Waals surface area (Å²) in [5, 5.41) is 7.76. The van der Waals surface area contributed by atoms with E-state index < -0.39 is 30.0 Å². The van der Waals surface area contributed by atoms with Gasteiger partial charge < -0.3 is 7.16 Å². The minimum atomic E-state index is -4.71. The van der Waals surface area contributed by atoms with Crippen LogP contribution in [0.25, 0.3) is 10.8 Å². The first kappa shape index (κ1) is 23.4. The molecule has 0 atom stereocenters. The van der Waals surface area contributed by atoms with E-state index in [9.17, 15) is 25.9 Å². The molecule has 0 fully saturated rings. The normalized spacial score (nSPS) is 12.2. The fraction of sp³-hybridized carbons (Fsp3) is 0.0588. The number of aryl methyl sites for hydroxylation is 1. The summed E-state index contributed by atoms with van der Waals surface area (Å²) in [4.78, 5) is -1.07. The van der Waals surface area contributed by atoms with Crippen molar-refractivity contribution in [2.45, 2.75) is 16.7 Å². The molecule has 148 valence electrons. The molecule has 0 heterocycles. The maximum absolute atomic E-state index is 11.8. The molecule has 0 saturated heterocycles. The first-order valence-corrected chi connectivity index (χ1v) is 10.6. The Morgan fingerprint density at radius 3 is 2.10 bits per heavy atom. The van der Waals surface area contributed by atoms with Crippen molar-refractivity contribution >= 4 is 48.1 Å². The number of anilines is 1. The SMILES string of the molecule is Cc1cc(N)ccc1N=Nc1cc(S(=O)(=O)O)c2cccc(S(=O)(=O)O)c2c1.[H-].[Na+]. The number of fused-ring (bicyclic) bond motifs is 1. The van der Waals surface area contributed by atoms with Crippen LogP contribution in [0.4, 0.5) is 17.1 Å². The summed E-state index contributed by atoms with van der Waals surface area (Å²) in [6, 6.07) is 10.9. The van der Waals surface area contributed by atoms with Gasteiger partial charge in [0.25, 0.3) is 20.2 Å². The molecule has 0 bridgehead atoms. The number of benzene rings is 3. The number of azo groups is 1. The molecule has 3 aromatic rings. The molecule has 4 N–H and O–H groups in total. The van der Waals surface area contributed by atoms with Crippen LogP contribution in [-0.4, -0.2) is 25.9 Å². The van der Waals surface area contributed by atoms with Crippen molar-refractivity contribution in [3.63, 3.8) is 0 Å². The molecule has 12 heteroatoms. The monoisotopic (exact) mass is 445 g/mol. The third kappa shape index (κ3) is 5.20. The summed E-state index contributed by atoms with van der Waals surface area (Å²) in [6.07, 6.45) is 0. The number of hydrogen-bond acceptors (Lipinski definition) is 7. The van der Waals surface area contributed by atoms with Crippen molar-refractivity contribution in [2.24, 2.45) is 10.2 Å². The van der Waals surface area contributed by atoms with Gasteiger partial charge in [-0.1, -0.05) is 12.1 Å². The Labute approximate surface area is 190 Å². The zero-order valence-electron chi connectivity index (χ0n) is 16.4. The Morgan fingerprint density at radius 1 is 0.862 bits per heavy atom. The molecule has 0 aliphatic carbocycles. The Balaban J connectivity index is 0.00000225. The van der Waals surface area contributed by atoms with Gasteiger partial charge in [-0.15, -0.1) is 0 Å². The van der Waals surface area contributed by atoms with Crippen molar-refractivity contribution in [1.82, 2.24) is 0 Å². The zero-order chi connectivity index (χ0) is 20.7. The third-order valence-corrected chi connectivity index (χ3v) is 5.76. The fourth-order valence-electron chi connectivity index (χ4n) is 2.71. The van der Waals surface area contributed by atoms with Crippen LogP contribution in [-0.2, 0) is 20.2 Å². The number of rotatable bonds is 4. The minimum Gasteiger partial charge on any atom is -1.00 e. The summed E-state index contributed by atoms with van der Waals surface area (Å²) in [6.45, 7) is 1.76. The molecule has 0 aliphatic heterocycles. The molecule has 0 unspecified atom stereocenters. The summed E-state index contributed by atoms with van der Waals surface area (Å²) in [5.41, 5.74) is 7.36. The second kappa shape index (κ2) is 8.48. The Morgan fingerprint density at radius 2 is 1.52 bits per heavy atom. The van der Waals surface area contributed by atoms with Crippen LogP contribution < -0.4 is 35.3 Å². The van der Waals surface area contributed by atoms with E-state index in [0.29, 0.717) is 11.4 Å². The molecule has 0 aromatic heterocycles. The molecule has 3 aromatic carbocycles. The van der Waals surface area contributed by atoms with E-state index in [0.717, 1.165) is 17.7 Å². The molecular formula is C17H16N3NaO6S2. The Kier molecular flexibility index (Phi) is 6.85. The van der Waals surface area contributed by atoms with Gasteiger partial charge in [-0.2, -0.15) is 27.1 Å². The van der Waals surface area contributed by atoms with Gasteiger partial charge in [0.1, 0.15) is 9.79 Å². The van der Waals surface area contributed by atoms with Crippen LogP contribution in [0.3, 0.4) is 0 Å². The van der Waals surface area contributed by atoms with Gasteiger partial charge in [0.05, 0.1) is 11.4 Å². The summed E-state index contributed by atoms with van der Waals surface area (Å²) < 4.78 is 65.8. The number of nitrogens with two attached hydrogens (primary N) is 1. The van der Waals surface area contributed by atoms with Crippen molar-refractivity contribution in [3.8, 4) is 0 Å². The number of nitrogen functional groups attached to an aromatic ring is 1. The molecule has 9 nitrogen and oxygen atoms in total. The third-order valence-electron chi connectivity index (χ3n) is 3.95.